The molecule has 86 valence electrons. The zero-order chi connectivity index (χ0) is 12.0. The Balaban J connectivity index is 3.04. The number of hydrogen-bond acceptors (Lipinski definition) is 6. The smallest absolute Gasteiger partial charge is 0.0838 e. The predicted octanol–water partition coefficient (Wildman–Crippen LogP) is 3.63. The molecule has 7 heteroatoms. The molecule has 1 aromatic heterocycles. The molecule has 0 aliphatic rings. The maximum absolute atomic E-state index is 5.96. The molecule has 0 atom stereocenters. The van der Waals surface area contributed by atoms with E-state index in [9.17, 15) is 0 Å². The van der Waals surface area contributed by atoms with E-state index in [0.29, 0.717) is 15.6 Å². The van der Waals surface area contributed by atoms with Crippen LogP contribution in [0.1, 0.15) is 0 Å². The van der Waals surface area contributed by atoms with Crippen LogP contribution in [0.25, 0.3) is 10.9 Å². The fraction of sp³-hybridized carbons (Fsp3) is 0.111. The minimum absolute atomic E-state index is 0.575. The number of aromatic nitrogens is 1. The molecule has 0 aliphatic heterocycles. The summed E-state index contributed by atoms with van der Waals surface area (Å²) in [6.45, 7) is 0. The van der Waals surface area contributed by atoms with Gasteiger partial charge in [-0.25, -0.2) is 0 Å². The number of nitrogens with one attached hydrogen (secondary N) is 1. The Morgan fingerprint density at radius 1 is 1.06 bits per heavy atom. The third-order valence-electron chi connectivity index (χ3n) is 2.35. The Labute approximate surface area is 120 Å². The van der Waals surface area contributed by atoms with Gasteiger partial charge in [-0.3, -0.25) is 0 Å². The van der Waals surface area contributed by atoms with Crippen LogP contribution in [-0.4, -0.2) is 11.2 Å². The molecule has 2 aromatic rings. The third-order valence-corrected chi connectivity index (χ3v) is 5.20. The lowest BCUT2D eigenvalue weighted by atomic mass is 10.2. The monoisotopic (exact) mass is 306 g/mol. The van der Waals surface area contributed by atoms with E-state index in [0.717, 1.165) is 25.6 Å². The average Bonchev–Trinajstić information content (AvgIpc) is 2.53. The highest BCUT2D eigenvalue weighted by molar-refractivity contribution is 7.99. The van der Waals surface area contributed by atoms with E-state index < -0.39 is 0 Å². The predicted molar refractivity (Wildman–Crippen MR) is 83.5 cm³/mol. The van der Waals surface area contributed by atoms with Crippen LogP contribution in [0.5, 0.6) is 0 Å². The number of benzene rings is 1. The Bertz CT molecular complexity index is 575. The van der Waals surface area contributed by atoms with E-state index in [1.54, 1.807) is 11.8 Å². The van der Waals surface area contributed by atoms with Crippen molar-refractivity contribution in [3.8, 4) is 0 Å². The zero-order valence-electron chi connectivity index (χ0n) is 8.27. The number of thiol groups is 4. The van der Waals surface area contributed by atoms with E-state index in [1.165, 1.54) is 0 Å². The van der Waals surface area contributed by atoms with Crippen LogP contribution in [0.4, 0.5) is 5.69 Å². The van der Waals surface area contributed by atoms with Crippen LogP contribution >= 0.6 is 62.3 Å². The van der Waals surface area contributed by atoms with Crippen molar-refractivity contribution in [3.05, 3.63) is 0 Å². The number of nitrogens with two attached hydrogens (primary N) is 1. The summed E-state index contributed by atoms with van der Waals surface area (Å²) in [7, 11) is 0. The average molecular weight is 307 g/mol. The van der Waals surface area contributed by atoms with Gasteiger partial charge in [0, 0.05) is 25.0 Å². The molecule has 3 N–H and O–H groups in total. The van der Waals surface area contributed by atoms with Gasteiger partial charge < -0.3 is 10.7 Å². The molecular formula is C9H10N2S5. The largest absolute Gasteiger partial charge is 0.397 e. The summed E-state index contributed by atoms with van der Waals surface area (Å²) in [6.07, 6.45) is 1.98. The van der Waals surface area contributed by atoms with Gasteiger partial charge in [0.15, 0.2) is 0 Å². The molecule has 0 amide bonds. The van der Waals surface area contributed by atoms with Gasteiger partial charge in [0.2, 0.25) is 0 Å². The quantitative estimate of drug-likeness (QED) is 0.277. The van der Waals surface area contributed by atoms with Crippen molar-refractivity contribution in [2.75, 3.05) is 12.0 Å². The van der Waals surface area contributed by atoms with Crippen LogP contribution < -0.4 is 5.73 Å². The molecule has 16 heavy (non-hydrogen) atoms. The normalized spacial score (nSPS) is 11.3. The molecule has 0 bridgehead atoms. The van der Waals surface area contributed by atoms with Gasteiger partial charge in [-0.2, -0.15) is 0 Å². The van der Waals surface area contributed by atoms with Gasteiger partial charge in [-0.05, 0) is 6.26 Å². The summed E-state index contributed by atoms with van der Waals surface area (Å²) in [6, 6.07) is 0. The number of rotatable bonds is 1. The Morgan fingerprint density at radius 3 is 2.25 bits per heavy atom. The van der Waals surface area contributed by atoms with E-state index in [1.807, 2.05) is 6.26 Å². The molecule has 0 spiro atoms. The van der Waals surface area contributed by atoms with Crippen molar-refractivity contribution in [1.82, 2.24) is 4.98 Å². The van der Waals surface area contributed by atoms with Crippen molar-refractivity contribution in [2.24, 2.45) is 0 Å². The van der Waals surface area contributed by atoms with E-state index in [4.69, 9.17) is 5.73 Å². The number of fused-ring (bicyclic) bond motifs is 1. The molecule has 0 aliphatic carbocycles. The first-order valence-corrected chi connectivity index (χ1v) is 7.31. The highest BCUT2D eigenvalue weighted by Crippen LogP contribution is 2.44. The fourth-order valence-electron chi connectivity index (χ4n) is 1.56. The highest BCUT2D eigenvalue weighted by atomic mass is 32.2. The third kappa shape index (κ3) is 1.73. The number of thioether (sulfide) groups is 1. The molecule has 2 rings (SSSR count). The summed E-state index contributed by atoms with van der Waals surface area (Å²) < 4.78 is 0. The first-order chi connectivity index (χ1) is 7.49. The lowest BCUT2D eigenvalue weighted by molar-refractivity contribution is 1.15. The maximum atomic E-state index is 5.96. The van der Waals surface area contributed by atoms with Gasteiger partial charge in [0.1, 0.15) is 0 Å². The van der Waals surface area contributed by atoms with Crippen molar-refractivity contribution < 1.29 is 0 Å². The van der Waals surface area contributed by atoms with Gasteiger partial charge >= 0.3 is 0 Å². The highest BCUT2D eigenvalue weighted by Gasteiger charge is 2.18. The standard InChI is InChI=1S/C9H10N2S5/c1-16-8-4-2(6(13)9(15)11-4)5(12)3(10)7(8)14/h11-15H,10H2,1H3. The number of nitrogen functional groups attached to an aromatic ring is 1. The van der Waals surface area contributed by atoms with Crippen molar-refractivity contribution >= 4 is 78.9 Å². The lowest BCUT2D eigenvalue weighted by Crippen LogP contribution is -1.93. The van der Waals surface area contributed by atoms with Gasteiger partial charge in [-0.1, -0.05) is 0 Å². The fourth-order valence-corrected chi connectivity index (χ4v) is 3.74. The first-order valence-electron chi connectivity index (χ1n) is 4.30. The van der Waals surface area contributed by atoms with Gasteiger partial charge in [0.25, 0.3) is 0 Å². The van der Waals surface area contributed by atoms with Gasteiger partial charge in [0.05, 0.1) is 16.2 Å². The molecule has 0 saturated carbocycles. The van der Waals surface area contributed by atoms with Crippen LogP contribution in [0, 0.1) is 0 Å². The van der Waals surface area contributed by atoms with E-state index in [-0.39, 0.29) is 0 Å². The minimum Gasteiger partial charge on any atom is -0.397 e. The number of anilines is 1. The number of hydrogen-bond donors (Lipinski definition) is 6. The zero-order valence-corrected chi connectivity index (χ0v) is 12.7. The SMILES string of the molecule is CSc1c(S)c(N)c(S)c2c(S)c(S)[nH]c12. The van der Waals surface area contributed by atoms with Gasteiger partial charge in [-0.15, -0.1) is 62.3 Å². The summed E-state index contributed by atoms with van der Waals surface area (Å²) in [5.74, 6) is 0. The van der Waals surface area contributed by atoms with Crippen LogP contribution in [0.2, 0.25) is 0 Å². The molecule has 1 aromatic carbocycles. The maximum Gasteiger partial charge on any atom is 0.0838 e. The molecule has 0 unspecified atom stereocenters. The Morgan fingerprint density at radius 2 is 1.69 bits per heavy atom. The Hall–Kier alpha value is 0.310. The summed E-state index contributed by atoms with van der Waals surface area (Å²) >= 11 is 19.1. The summed E-state index contributed by atoms with van der Waals surface area (Å²) in [5.41, 5.74) is 7.48. The summed E-state index contributed by atoms with van der Waals surface area (Å²) in [5, 5.41) is 1.61. The number of H-pyrrole nitrogens is 1. The van der Waals surface area contributed by atoms with Crippen LogP contribution in [0.15, 0.2) is 24.6 Å². The van der Waals surface area contributed by atoms with E-state index >= 15 is 0 Å². The molecular weight excluding hydrogens is 296 g/mol. The first kappa shape index (κ1) is 12.8. The molecule has 2 nitrogen and oxygen atoms in total. The topological polar surface area (TPSA) is 41.8 Å². The second-order valence-electron chi connectivity index (χ2n) is 3.22. The van der Waals surface area contributed by atoms with E-state index in [2.05, 4.69) is 55.5 Å². The number of aromatic amines is 1. The molecule has 0 fully saturated rings. The molecule has 0 saturated heterocycles. The van der Waals surface area contributed by atoms with Crippen molar-refractivity contribution in [3.63, 3.8) is 0 Å². The summed E-state index contributed by atoms with van der Waals surface area (Å²) in [4.78, 5) is 6.36. The Kier molecular flexibility index (Phi) is 3.61. The van der Waals surface area contributed by atoms with Crippen molar-refractivity contribution in [2.45, 2.75) is 24.6 Å². The van der Waals surface area contributed by atoms with Crippen molar-refractivity contribution in [1.29, 1.82) is 0 Å². The van der Waals surface area contributed by atoms with Crippen LogP contribution in [0.3, 0.4) is 0 Å². The second kappa shape index (κ2) is 4.53. The van der Waals surface area contributed by atoms with Crippen LogP contribution in [-0.2, 0) is 0 Å². The molecule has 1 heterocycles. The second-order valence-corrected chi connectivity index (χ2v) is 5.82. The minimum atomic E-state index is 0.575. The lowest BCUT2D eigenvalue weighted by Gasteiger charge is -2.10. The molecule has 0 radical (unpaired) electrons.